The maximum Gasteiger partial charge on any atom is 0.316 e. The lowest BCUT2D eigenvalue weighted by Crippen LogP contribution is -2.19. The smallest absolute Gasteiger partial charge is 0.316 e. The van der Waals surface area contributed by atoms with Crippen LogP contribution in [0.5, 0.6) is 0 Å². The van der Waals surface area contributed by atoms with Crippen molar-refractivity contribution in [1.29, 1.82) is 0 Å². The van der Waals surface area contributed by atoms with Crippen molar-refractivity contribution in [3.63, 3.8) is 0 Å². The van der Waals surface area contributed by atoms with Gasteiger partial charge >= 0.3 is 6.03 Å². The van der Waals surface area contributed by atoms with Gasteiger partial charge in [0, 0.05) is 11.3 Å². The van der Waals surface area contributed by atoms with Crippen LogP contribution in [0, 0.1) is 11.8 Å². The van der Waals surface area contributed by atoms with Crippen LogP contribution in [0.3, 0.4) is 0 Å². The Morgan fingerprint density at radius 3 is 3.00 bits per heavy atom. The van der Waals surface area contributed by atoms with E-state index in [-0.39, 0.29) is 5.88 Å². The number of carbonyl (C=O) groups is 1. The molecule has 3 nitrogen and oxygen atoms in total. The highest BCUT2D eigenvalue weighted by Crippen LogP contribution is 2.08. The number of rotatable bonds is 1. The number of benzene rings is 1. The van der Waals surface area contributed by atoms with Crippen molar-refractivity contribution in [3.8, 4) is 11.8 Å². The fraction of sp³-hybridized carbons (Fsp3) is 0.100. The minimum Gasteiger partial charge on any atom is -0.351 e. The normalized spacial score (nSPS) is 8.64. The number of urea groups is 1. The first-order chi connectivity index (χ1) is 6.72. The predicted molar refractivity (Wildman–Crippen MR) is 57.2 cm³/mol. The quantitative estimate of drug-likeness (QED) is 0.536. The molecule has 0 saturated carbocycles. The van der Waals surface area contributed by atoms with E-state index in [0.717, 1.165) is 5.56 Å². The van der Waals surface area contributed by atoms with Gasteiger partial charge in [-0.2, -0.15) is 0 Å². The number of alkyl halides is 1. The number of nitrogens with one attached hydrogen (secondary N) is 1. The molecule has 0 aromatic heterocycles. The SMILES string of the molecule is NC(=O)Nc1cccc(C#CCCl)c1. The molecule has 0 unspecified atom stereocenters. The molecular weight excluding hydrogens is 200 g/mol. The molecule has 0 saturated heterocycles. The number of amides is 2. The van der Waals surface area contributed by atoms with Gasteiger partial charge in [0.05, 0.1) is 5.88 Å². The third-order valence-electron chi connectivity index (χ3n) is 1.43. The zero-order valence-electron chi connectivity index (χ0n) is 7.38. The first kappa shape index (κ1) is 10.4. The topological polar surface area (TPSA) is 55.1 Å². The summed E-state index contributed by atoms with van der Waals surface area (Å²) in [5.41, 5.74) is 6.38. The summed E-state index contributed by atoms with van der Waals surface area (Å²) in [5.74, 6) is 5.84. The number of anilines is 1. The summed E-state index contributed by atoms with van der Waals surface area (Å²) in [6, 6.07) is 6.48. The Hall–Kier alpha value is -1.66. The van der Waals surface area contributed by atoms with Crippen molar-refractivity contribution in [3.05, 3.63) is 29.8 Å². The van der Waals surface area contributed by atoms with Crippen LogP contribution in [0.25, 0.3) is 0 Å². The highest BCUT2D eigenvalue weighted by atomic mass is 35.5. The van der Waals surface area contributed by atoms with E-state index >= 15 is 0 Å². The first-order valence-electron chi connectivity index (χ1n) is 3.93. The van der Waals surface area contributed by atoms with Gasteiger partial charge in [-0.15, -0.1) is 11.6 Å². The predicted octanol–water partition coefficient (Wildman–Crippen LogP) is 1.77. The Labute approximate surface area is 87.2 Å². The molecule has 0 heterocycles. The molecule has 0 atom stereocenters. The summed E-state index contributed by atoms with van der Waals surface area (Å²) >= 11 is 5.41. The minimum absolute atomic E-state index is 0.285. The van der Waals surface area contributed by atoms with E-state index in [2.05, 4.69) is 17.2 Å². The monoisotopic (exact) mass is 208 g/mol. The van der Waals surface area contributed by atoms with Crippen LogP contribution in [0.4, 0.5) is 10.5 Å². The molecule has 0 bridgehead atoms. The second kappa shape index (κ2) is 5.15. The fourth-order valence-corrected chi connectivity index (χ4v) is 1.02. The third kappa shape index (κ3) is 3.38. The van der Waals surface area contributed by atoms with E-state index in [1.54, 1.807) is 18.2 Å². The Morgan fingerprint density at radius 1 is 1.57 bits per heavy atom. The lowest BCUT2D eigenvalue weighted by Gasteiger charge is -2.00. The van der Waals surface area contributed by atoms with Crippen molar-refractivity contribution >= 4 is 23.3 Å². The molecule has 0 radical (unpaired) electrons. The van der Waals surface area contributed by atoms with E-state index in [1.165, 1.54) is 0 Å². The van der Waals surface area contributed by atoms with Gasteiger partial charge in [-0.25, -0.2) is 4.79 Å². The first-order valence-corrected chi connectivity index (χ1v) is 4.47. The molecule has 2 amide bonds. The molecule has 0 aliphatic heterocycles. The van der Waals surface area contributed by atoms with Crippen molar-refractivity contribution in [2.24, 2.45) is 5.73 Å². The zero-order valence-corrected chi connectivity index (χ0v) is 8.14. The summed E-state index contributed by atoms with van der Waals surface area (Å²) in [5, 5.41) is 2.46. The van der Waals surface area contributed by atoms with Crippen LogP contribution in [0.1, 0.15) is 5.56 Å². The van der Waals surface area contributed by atoms with Gasteiger partial charge in [0.2, 0.25) is 0 Å². The Bertz CT molecular complexity index is 393. The Morgan fingerprint density at radius 2 is 2.36 bits per heavy atom. The van der Waals surface area contributed by atoms with Crippen LogP contribution in [-0.4, -0.2) is 11.9 Å². The summed E-state index contributed by atoms with van der Waals surface area (Å²) in [7, 11) is 0. The lowest BCUT2D eigenvalue weighted by atomic mass is 10.2. The summed E-state index contributed by atoms with van der Waals surface area (Å²) in [6.07, 6.45) is 0. The summed E-state index contributed by atoms with van der Waals surface area (Å²) in [6.45, 7) is 0. The number of nitrogens with two attached hydrogens (primary N) is 1. The standard InChI is InChI=1S/C10H9ClN2O/c11-6-2-4-8-3-1-5-9(7-8)13-10(12)14/h1,3,5,7H,6H2,(H3,12,13,14). The van der Waals surface area contributed by atoms with Crippen molar-refractivity contribution < 1.29 is 4.79 Å². The largest absolute Gasteiger partial charge is 0.351 e. The highest BCUT2D eigenvalue weighted by Gasteiger charge is 1.95. The van der Waals surface area contributed by atoms with Crippen LogP contribution in [0.15, 0.2) is 24.3 Å². The van der Waals surface area contributed by atoms with Crippen LogP contribution < -0.4 is 11.1 Å². The molecule has 14 heavy (non-hydrogen) atoms. The molecular formula is C10H9ClN2O. The van der Waals surface area contributed by atoms with Crippen LogP contribution in [0.2, 0.25) is 0 Å². The molecule has 0 aliphatic carbocycles. The molecule has 1 rings (SSSR count). The van der Waals surface area contributed by atoms with Crippen LogP contribution >= 0.6 is 11.6 Å². The number of primary amides is 1. The molecule has 3 N–H and O–H groups in total. The maximum absolute atomic E-state index is 10.5. The molecule has 1 aromatic carbocycles. The Balaban J connectivity index is 2.84. The number of hydrogen-bond acceptors (Lipinski definition) is 1. The van der Waals surface area contributed by atoms with Gasteiger partial charge in [-0.1, -0.05) is 17.9 Å². The minimum atomic E-state index is -0.590. The summed E-state index contributed by atoms with van der Waals surface area (Å²) < 4.78 is 0. The Kier molecular flexibility index (Phi) is 3.84. The van der Waals surface area contributed by atoms with Gasteiger partial charge in [0.25, 0.3) is 0 Å². The zero-order chi connectivity index (χ0) is 10.4. The lowest BCUT2D eigenvalue weighted by molar-refractivity contribution is 0.259. The maximum atomic E-state index is 10.5. The van der Waals surface area contributed by atoms with Gasteiger partial charge in [-0.05, 0) is 18.2 Å². The van der Waals surface area contributed by atoms with Crippen molar-refractivity contribution in [2.75, 3.05) is 11.2 Å². The van der Waals surface area contributed by atoms with Crippen LogP contribution in [-0.2, 0) is 0 Å². The molecule has 0 aliphatic rings. The second-order valence-corrected chi connectivity index (χ2v) is 2.77. The third-order valence-corrected chi connectivity index (χ3v) is 1.56. The van der Waals surface area contributed by atoms with Gasteiger partial charge in [0.1, 0.15) is 0 Å². The molecule has 0 fully saturated rings. The number of halogens is 1. The van der Waals surface area contributed by atoms with Gasteiger partial charge in [0.15, 0.2) is 0 Å². The molecule has 4 heteroatoms. The average molecular weight is 209 g/mol. The van der Waals surface area contributed by atoms with E-state index in [0.29, 0.717) is 5.69 Å². The van der Waals surface area contributed by atoms with Crippen molar-refractivity contribution in [1.82, 2.24) is 0 Å². The molecule has 72 valence electrons. The van der Waals surface area contributed by atoms with Gasteiger partial charge in [-0.3, -0.25) is 0 Å². The molecule has 0 spiro atoms. The molecule has 1 aromatic rings. The van der Waals surface area contributed by atoms with Crippen molar-refractivity contribution in [2.45, 2.75) is 0 Å². The van der Waals surface area contributed by atoms with Gasteiger partial charge < -0.3 is 11.1 Å². The highest BCUT2D eigenvalue weighted by molar-refractivity contribution is 6.19. The fourth-order valence-electron chi connectivity index (χ4n) is 0.952. The number of carbonyl (C=O) groups excluding carboxylic acids is 1. The van der Waals surface area contributed by atoms with E-state index < -0.39 is 6.03 Å². The summed E-state index contributed by atoms with van der Waals surface area (Å²) in [4.78, 5) is 10.5. The average Bonchev–Trinajstić information content (AvgIpc) is 2.14. The van der Waals surface area contributed by atoms with E-state index in [1.807, 2.05) is 6.07 Å². The number of hydrogen-bond donors (Lipinski definition) is 2. The van der Waals surface area contributed by atoms with E-state index in [4.69, 9.17) is 17.3 Å². The second-order valence-electron chi connectivity index (χ2n) is 2.51. The van der Waals surface area contributed by atoms with E-state index in [9.17, 15) is 4.79 Å².